The number of rotatable bonds is 2. The van der Waals surface area contributed by atoms with E-state index in [-0.39, 0.29) is 10.0 Å². The average molecular weight is 261 g/mol. The number of hydrogen-bond acceptors (Lipinski definition) is 2. The van der Waals surface area contributed by atoms with E-state index in [1.165, 1.54) is 19.1 Å². The maximum absolute atomic E-state index is 13.4. The molecule has 0 bridgehead atoms. The zero-order valence-electron chi connectivity index (χ0n) is 7.17. The molecule has 0 aliphatic carbocycles. The fourth-order valence-electron chi connectivity index (χ4n) is 1.02. The third-order valence-electron chi connectivity index (χ3n) is 1.68. The Morgan fingerprint density at radius 1 is 1.43 bits per heavy atom. The van der Waals surface area contributed by atoms with E-state index in [2.05, 4.69) is 15.9 Å². The van der Waals surface area contributed by atoms with Crippen LogP contribution in [-0.4, -0.2) is 16.9 Å². The number of carbonyl (C=O) groups excluding carboxylic acids is 1. The summed E-state index contributed by atoms with van der Waals surface area (Å²) < 4.78 is 13.5. The molecule has 1 aromatic rings. The van der Waals surface area contributed by atoms with Gasteiger partial charge in [-0.2, -0.15) is 0 Å². The summed E-state index contributed by atoms with van der Waals surface area (Å²) in [7, 11) is 0. The van der Waals surface area contributed by atoms with Crippen LogP contribution in [0.3, 0.4) is 0 Å². The van der Waals surface area contributed by atoms with Crippen molar-refractivity contribution >= 4 is 27.7 Å². The molecule has 0 aliphatic rings. The normalized spacial score (nSPS) is 9.93. The highest BCUT2D eigenvalue weighted by molar-refractivity contribution is 9.10. The van der Waals surface area contributed by atoms with Crippen LogP contribution in [-0.2, 0) is 0 Å². The van der Waals surface area contributed by atoms with Gasteiger partial charge in [-0.3, -0.25) is 4.79 Å². The van der Waals surface area contributed by atoms with Crippen LogP contribution in [0.15, 0.2) is 16.6 Å². The molecule has 5 heteroatoms. The summed E-state index contributed by atoms with van der Waals surface area (Å²) in [6.45, 7) is 1.18. The highest BCUT2D eigenvalue weighted by Crippen LogP contribution is 2.23. The Hall–Kier alpha value is -1.23. The minimum Gasteiger partial charge on any atom is -0.478 e. The van der Waals surface area contributed by atoms with Crippen molar-refractivity contribution < 1.29 is 19.1 Å². The van der Waals surface area contributed by atoms with Gasteiger partial charge in [-0.25, -0.2) is 9.18 Å². The van der Waals surface area contributed by atoms with E-state index in [1.54, 1.807) is 0 Å². The Balaban J connectivity index is 3.49. The van der Waals surface area contributed by atoms with Gasteiger partial charge in [0.1, 0.15) is 11.4 Å². The van der Waals surface area contributed by atoms with Gasteiger partial charge in [0, 0.05) is 4.47 Å². The molecule has 74 valence electrons. The van der Waals surface area contributed by atoms with E-state index in [0.29, 0.717) is 0 Å². The van der Waals surface area contributed by atoms with Gasteiger partial charge >= 0.3 is 5.97 Å². The van der Waals surface area contributed by atoms with Crippen LogP contribution >= 0.6 is 15.9 Å². The van der Waals surface area contributed by atoms with E-state index in [1.807, 2.05) is 0 Å². The molecule has 3 nitrogen and oxygen atoms in total. The van der Waals surface area contributed by atoms with E-state index >= 15 is 0 Å². The third-order valence-corrected chi connectivity index (χ3v) is 2.35. The van der Waals surface area contributed by atoms with Crippen LogP contribution in [0.1, 0.15) is 27.6 Å². The van der Waals surface area contributed by atoms with Crippen LogP contribution in [0.5, 0.6) is 0 Å². The largest absolute Gasteiger partial charge is 0.478 e. The number of carboxylic acid groups (broad SMARTS) is 1. The molecule has 1 aromatic carbocycles. The minimum absolute atomic E-state index is 0.118. The third kappa shape index (κ3) is 1.82. The van der Waals surface area contributed by atoms with E-state index < -0.39 is 23.1 Å². The Morgan fingerprint density at radius 2 is 2.00 bits per heavy atom. The van der Waals surface area contributed by atoms with Crippen molar-refractivity contribution in [3.63, 3.8) is 0 Å². The van der Waals surface area contributed by atoms with Gasteiger partial charge < -0.3 is 5.11 Å². The molecule has 1 N–H and O–H groups in total. The molecular formula is C9H6BrFO3. The van der Waals surface area contributed by atoms with Crippen LogP contribution in [0.2, 0.25) is 0 Å². The maximum Gasteiger partial charge on any atom is 0.339 e. The summed E-state index contributed by atoms with van der Waals surface area (Å²) >= 11 is 2.90. The molecule has 0 unspecified atom stereocenters. The minimum atomic E-state index is -1.41. The smallest absolute Gasteiger partial charge is 0.339 e. The van der Waals surface area contributed by atoms with Gasteiger partial charge in [0.05, 0.1) is 5.56 Å². The van der Waals surface area contributed by atoms with Gasteiger partial charge in [0.15, 0.2) is 5.78 Å². The quantitative estimate of drug-likeness (QED) is 0.832. The second-order valence-corrected chi connectivity index (χ2v) is 3.50. The van der Waals surface area contributed by atoms with E-state index in [4.69, 9.17) is 5.11 Å². The molecule has 1 rings (SSSR count). The second kappa shape index (κ2) is 3.88. The number of Topliss-reactive ketones (excluding diaryl/α,β-unsaturated/α-hetero) is 1. The van der Waals surface area contributed by atoms with Crippen molar-refractivity contribution in [3.05, 3.63) is 33.5 Å². The summed E-state index contributed by atoms with van der Waals surface area (Å²) in [5.41, 5.74) is -0.733. The van der Waals surface area contributed by atoms with Crippen LogP contribution in [0.4, 0.5) is 4.39 Å². The lowest BCUT2D eigenvalue weighted by atomic mass is 10.1. The van der Waals surface area contributed by atoms with Crippen molar-refractivity contribution in [1.29, 1.82) is 0 Å². The first-order valence-electron chi connectivity index (χ1n) is 3.67. The van der Waals surface area contributed by atoms with E-state index in [9.17, 15) is 14.0 Å². The fourth-order valence-corrected chi connectivity index (χ4v) is 1.50. The maximum atomic E-state index is 13.4. The van der Waals surface area contributed by atoms with Crippen molar-refractivity contribution in [1.82, 2.24) is 0 Å². The lowest BCUT2D eigenvalue weighted by Crippen LogP contribution is -2.07. The molecule has 0 aliphatic heterocycles. The SMILES string of the molecule is CC(=O)c1ccc(Br)c(C(=O)O)c1F. The molecule has 0 aromatic heterocycles. The predicted octanol–water partition coefficient (Wildman–Crippen LogP) is 2.49. The molecule has 0 amide bonds. The number of halogens is 2. The molecule has 0 fully saturated rings. The predicted molar refractivity (Wildman–Crippen MR) is 51.1 cm³/mol. The van der Waals surface area contributed by atoms with Crippen LogP contribution < -0.4 is 0 Å². The Bertz CT molecular complexity index is 415. The summed E-state index contributed by atoms with van der Waals surface area (Å²) in [5, 5.41) is 8.67. The number of hydrogen-bond donors (Lipinski definition) is 1. The number of aromatic carboxylic acids is 1. The number of ketones is 1. The molecule has 0 saturated heterocycles. The van der Waals surface area contributed by atoms with Crippen molar-refractivity contribution in [2.75, 3.05) is 0 Å². The Morgan fingerprint density at radius 3 is 2.43 bits per heavy atom. The summed E-state index contributed by atoms with van der Waals surface area (Å²) in [5.74, 6) is -2.91. The molecule has 14 heavy (non-hydrogen) atoms. The van der Waals surface area contributed by atoms with Gasteiger partial charge in [-0.15, -0.1) is 0 Å². The van der Waals surface area contributed by atoms with Gasteiger partial charge in [-0.1, -0.05) is 0 Å². The number of benzene rings is 1. The summed E-state index contributed by atoms with van der Waals surface area (Å²) in [6, 6.07) is 2.58. The first-order valence-corrected chi connectivity index (χ1v) is 4.46. The lowest BCUT2D eigenvalue weighted by molar-refractivity contribution is 0.0691. The lowest BCUT2D eigenvalue weighted by Gasteiger charge is -2.04. The highest BCUT2D eigenvalue weighted by atomic mass is 79.9. The zero-order valence-corrected chi connectivity index (χ0v) is 8.76. The van der Waals surface area contributed by atoms with Crippen molar-refractivity contribution in [2.45, 2.75) is 6.92 Å². The highest BCUT2D eigenvalue weighted by Gasteiger charge is 2.19. The standard InChI is InChI=1S/C9H6BrFO3/c1-4(12)5-2-3-6(10)7(8(5)11)9(13)14/h2-3H,1H3,(H,13,14). The Labute approximate surface area is 87.7 Å². The zero-order chi connectivity index (χ0) is 10.9. The molecule has 0 heterocycles. The second-order valence-electron chi connectivity index (χ2n) is 2.65. The van der Waals surface area contributed by atoms with Crippen LogP contribution in [0, 0.1) is 5.82 Å². The molecular weight excluding hydrogens is 255 g/mol. The first kappa shape index (κ1) is 10.8. The van der Waals surface area contributed by atoms with Crippen LogP contribution in [0.25, 0.3) is 0 Å². The van der Waals surface area contributed by atoms with Gasteiger partial charge in [0.25, 0.3) is 0 Å². The molecule has 0 atom stereocenters. The molecule has 0 radical (unpaired) electrons. The monoisotopic (exact) mass is 260 g/mol. The first-order chi connectivity index (χ1) is 6.45. The van der Waals surface area contributed by atoms with Crippen molar-refractivity contribution in [3.8, 4) is 0 Å². The number of carboxylic acids is 1. The van der Waals surface area contributed by atoms with Crippen molar-refractivity contribution in [2.24, 2.45) is 0 Å². The molecule has 0 spiro atoms. The Kier molecular flexibility index (Phi) is 3.00. The van der Waals surface area contributed by atoms with Gasteiger partial charge in [0.2, 0.25) is 0 Å². The molecule has 0 saturated carbocycles. The fraction of sp³-hybridized carbons (Fsp3) is 0.111. The van der Waals surface area contributed by atoms with Gasteiger partial charge in [-0.05, 0) is 35.0 Å². The number of carbonyl (C=O) groups is 2. The average Bonchev–Trinajstić information content (AvgIpc) is 2.02. The summed E-state index contributed by atoms with van der Waals surface area (Å²) in [4.78, 5) is 21.5. The van der Waals surface area contributed by atoms with E-state index in [0.717, 1.165) is 0 Å². The topological polar surface area (TPSA) is 54.4 Å². The summed E-state index contributed by atoms with van der Waals surface area (Å²) in [6.07, 6.45) is 0.